The molecule has 1 aromatic rings. The zero-order valence-electron chi connectivity index (χ0n) is 7.53. The Kier molecular flexibility index (Phi) is 4.54. The van der Waals surface area contributed by atoms with E-state index in [0.29, 0.717) is 17.1 Å². The van der Waals surface area contributed by atoms with Gasteiger partial charge in [0.2, 0.25) is 0 Å². The Bertz CT molecular complexity index is 261. The van der Waals surface area contributed by atoms with Gasteiger partial charge in [0.25, 0.3) is 0 Å². The Morgan fingerprint density at radius 2 is 1.54 bits per heavy atom. The van der Waals surface area contributed by atoms with Crippen molar-refractivity contribution in [2.24, 2.45) is 0 Å². The van der Waals surface area contributed by atoms with E-state index in [4.69, 9.17) is 9.47 Å². The van der Waals surface area contributed by atoms with Crippen LogP contribution in [0.2, 0.25) is 0 Å². The van der Waals surface area contributed by atoms with E-state index in [1.165, 1.54) is 0 Å². The van der Waals surface area contributed by atoms with E-state index in [2.05, 4.69) is 0 Å². The summed E-state index contributed by atoms with van der Waals surface area (Å²) in [6.45, 7) is 0. The number of hydrogen-bond acceptors (Lipinski definition) is 3. The highest BCUT2D eigenvalue weighted by atomic mass is 16.5. The Balaban J connectivity index is 0.00000144. The first-order chi connectivity index (χ1) is 5.80. The Hall–Kier alpha value is -1.55. The normalized spacial score (nSPS) is 8.46. The van der Waals surface area contributed by atoms with E-state index in [1.807, 2.05) is 0 Å². The van der Waals surface area contributed by atoms with Gasteiger partial charge in [0.15, 0.2) is 0 Å². The molecule has 2 N–H and O–H groups in total. The number of carbonyl (C=O) groups is 1. The SMILES string of the molecule is COc1cc(C=O)cc(OC)c1.O. The maximum Gasteiger partial charge on any atom is 0.150 e. The fraction of sp³-hybridized carbons (Fsp3) is 0.222. The lowest BCUT2D eigenvalue weighted by molar-refractivity contribution is 0.112. The van der Waals surface area contributed by atoms with Crippen molar-refractivity contribution in [3.63, 3.8) is 0 Å². The fourth-order valence-electron chi connectivity index (χ4n) is 0.897. The van der Waals surface area contributed by atoms with Gasteiger partial charge in [0.1, 0.15) is 17.8 Å². The van der Waals surface area contributed by atoms with E-state index < -0.39 is 0 Å². The zero-order valence-corrected chi connectivity index (χ0v) is 7.53. The molecule has 0 saturated heterocycles. The van der Waals surface area contributed by atoms with E-state index in [0.717, 1.165) is 6.29 Å². The van der Waals surface area contributed by atoms with Gasteiger partial charge in [-0.3, -0.25) is 4.79 Å². The van der Waals surface area contributed by atoms with Gasteiger partial charge < -0.3 is 14.9 Å². The van der Waals surface area contributed by atoms with Crippen molar-refractivity contribution in [1.29, 1.82) is 0 Å². The van der Waals surface area contributed by atoms with Crippen LogP contribution >= 0.6 is 0 Å². The van der Waals surface area contributed by atoms with Crippen LogP contribution in [-0.4, -0.2) is 26.0 Å². The van der Waals surface area contributed by atoms with Gasteiger partial charge in [-0.25, -0.2) is 0 Å². The molecule has 0 spiro atoms. The lowest BCUT2D eigenvalue weighted by Crippen LogP contribution is -1.89. The van der Waals surface area contributed by atoms with Crippen molar-refractivity contribution in [1.82, 2.24) is 0 Å². The third kappa shape index (κ3) is 2.76. The summed E-state index contributed by atoms with van der Waals surface area (Å²) in [6.07, 6.45) is 0.755. The average Bonchev–Trinajstić information content (AvgIpc) is 2.16. The van der Waals surface area contributed by atoms with Crippen LogP contribution in [0.4, 0.5) is 0 Å². The monoisotopic (exact) mass is 184 g/mol. The summed E-state index contributed by atoms with van der Waals surface area (Å²) in [7, 11) is 3.09. The van der Waals surface area contributed by atoms with Crippen LogP contribution < -0.4 is 9.47 Å². The summed E-state index contributed by atoms with van der Waals surface area (Å²) in [5.74, 6) is 1.24. The summed E-state index contributed by atoms with van der Waals surface area (Å²) in [6, 6.07) is 5.01. The molecule has 0 unspecified atom stereocenters. The van der Waals surface area contributed by atoms with Crippen LogP contribution in [0.1, 0.15) is 10.4 Å². The van der Waals surface area contributed by atoms with Gasteiger partial charge in [-0.1, -0.05) is 0 Å². The maximum atomic E-state index is 10.4. The number of carbonyl (C=O) groups excluding carboxylic acids is 1. The minimum atomic E-state index is 0. The molecule has 0 amide bonds. The Morgan fingerprint density at radius 1 is 1.08 bits per heavy atom. The molecule has 1 rings (SSSR count). The van der Waals surface area contributed by atoms with Crippen molar-refractivity contribution in [2.45, 2.75) is 0 Å². The molecule has 0 bridgehead atoms. The Morgan fingerprint density at radius 3 is 1.85 bits per heavy atom. The van der Waals surface area contributed by atoms with Gasteiger partial charge >= 0.3 is 0 Å². The number of methoxy groups -OCH3 is 2. The Labute approximate surface area is 76.4 Å². The smallest absolute Gasteiger partial charge is 0.150 e. The van der Waals surface area contributed by atoms with Crippen LogP contribution in [0.15, 0.2) is 18.2 Å². The van der Waals surface area contributed by atoms with Crippen molar-refractivity contribution in [3.05, 3.63) is 23.8 Å². The quantitative estimate of drug-likeness (QED) is 0.649. The number of rotatable bonds is 3. The van der Waals surface area contributed by atoms with E-state index in [1.54, 1.807) is 32.4 Å². The summed E-state index contributed by atoms with van der Waals surface area (Å²) in [5.41, 5.74) is 0.547. The molecular formula is C9H12O4. The standard InChI is InChI=1S/C9H10O3.H2O/c1-11-8-3-7(6-10)4-9(5-8)12-2;/h3-6H,1-2H3;1H2. The van der Waals surface area contributed by atoms with Crippen LogP contribution in [0.3, 0.4) is 0 Å². The predicted molar refractivity (Wildman–Crippen MR) is 48.5 cm³/mol. The molecule has 0 saturated carbocycles. The first-order valence-electron chi connectivity index (χ1n) is 3.48. The molecular weight excluding hydrogens is 172 g/mol. The molecule has 0 atom stereocenters. The van der Waals surface area contributed by atoms with E-state index >= 15 is 0 Å². The number of hydrogen-bond donors (Lipinski definition) is 0. The molecule has 0 heterocycles. The number of benzene rings is 1. The summed E-state index contributed by atoms with van der Waals surface area (Å²) >= 11 is 0. The second-order valence-corrected chi connectivity index (χ2v) is 2.26. The molecule has 0 fully saturated rings. The van der Waals surface area contributed by atoms with E-state index in [-0.39, 0.29) is 5.48 Å². The third-order valence-corrected chi connectivity index (χ3v) is 1.51. The lowest BCUT2D eigenvalue weighted by Gasteiger charge is -2.04. The molecule has 72 valence electrons. The fourth-order valence-corrected chi connectivity index (χ4v) is 0.897. The molecule has 1 aromatic carbocycles. The highest BCUT2D eigenvalue weighted by Gasteiger charge is 1.99. The highest BCUT2D eigenvalue weighted by Crippen LogP contribution is 2.21. The van der Waals surface area contributed by atoms with Crippen molar-refractivity contribution < 1.29 is 19.7 Å². The van der Waals surface area contributed by atoms with Gasteiger partial charge in [0, 0.05) is 11.6 Å². The largest absolute Gasteiger partial charge is 0.497 e. The minimum absolute atomic E-state index is 0. The highest BCUT2D eigenvalue weighted by molar-refractivity contribution is 5.76. The maximum absolute atomic E-state index is 10.4. The molecule has 4 heteroatoms. The van der Waals surface area contributed by atoms with Gasteiger partial charge in [-0.15, -0.1) is 0 Å². The number of ether oxygens (including phenoxy) is 2. The molecule has 0 aliphatic rings. The lowest BCUT2D eigenvalue weighted by atomic mass is 10.2. The van der Waals surface area contributed by atoms with Gasteiger partial charge in [-0.05, 0) is 12.1 Å². The first kappa shape index (κ1) is 11.4. The topological polar surface area (TPSA) is 67.0 Å². The van der Waals surface area contributed by atoms with Gasteiger partial charge in [-0.2, -0.15) is 0 Å². The van der Waals surface area contributed by atoms with Crippen LogP contribution in [0.5, 0.6) is 11.5 Å². The van der Waals surface area contributed by atoms with E-state index in [9.17, 15) is 4.79 Å². The van der Waals surface area contributed by atoms with Crippen LogP contribution in [0, 0.1) is 0 Å². The van der Waals surface area contributed by atoms with Crippen molar-refractivity contribution in [2.75, 3.05) is 14.2 Å². The molecule has 13 heavy (non-hydrogen) atoms. The second kappa shape index (κ2) is 5.16. The third-order valence-electron chi connectivity index (χ3n) is 1.51. The van der Waals surface area contributed by atoms with Crippen molar-refractivity contribution >= 4 is 6.29 Å². The molecule has 0 radical (unpaired) electrons. The molecule has 0 aliphatic carbocycles. The second-order valence-electron chi connectivity index (χ2n) is 2.26. The summed E-state index contributed by atoms with van der Waals surface area (Å²) in [5, 5.41) is 0. The summed E-state index contributed by atoms with van der Waals surface area (Å²) < 4.78 is 9.92. The molecule has 0 aromatic heterocycles. The van der Waals surface area contributed by atoms with Crippen LogP contribution in [-0.2, 0) is 0 Å². The molecule has 4 nitrogen and oxygen atoms in total. The molecule has 0 aliphatic heterocycles. The van der Waals surface area contributed by atoms with Crippen molar-refractivity contribution in [3.8, 4) is 11.5 Å². The number of aldehydes is 1. The predicted octanol–water partition coefficient (Wildman–Crippen LogP) is 0.692. The first-order valence-corrected chi connectivity index (χ1v) is 3.48. The minimum Gasteiger partial charge on any atom is -0.497 e. The van der Waals surface area contributed by atoms with Crippen LogP contribution in [0.25, 0.3) is 0 Å². The summed E-state index contributed by atoms with van der Waals surface area (Å²) in [4.78, 5) is 10.4. The average molecular weight is 184 g/mol. The zero-order chi connectivity index (χ0) is 8.97. The van der Waals surface area contributed by atoms with Gasteiger partial charge in [0.05, 0.1) is 14.2 Å².